The number of nitriles is 1. The van der Waals surface area contributed by atoms with Gasteiger partial charge in [-0.2, -0.15) is 5.26 Å². The maximum atomic E-state index is 12.2. The highest BCUT2D eigenvalue weighted by molar-refractivity contribution is 5.89. The van der Waals surface area contributed by atoms with E-state index in [1.807, 2.05) is 37.3 Å². The topological polar surface area (TPSA) is 74.2 Å². The lowest BCUT2D eigenvalue weighted by Gasteiger charge is -2.15. The van der Waals surface area contributed by atoms with Gasteiger partial charge in [-0.1, -0.05) is 30.3 Å². The summed E-state index contributed by atoms with van der Waals surface area (Å²) in [4.78, 5) is 12.2. The van der Waals surface area contributed by atoms with Gasteiger partial charge in [0.25, 0.3) is 0 Å². The molecule has 5 nitrogen and oxygen atoms in total. The standard InChI is InChI=1S/C22H19N3O2/c1-16(18-5-3-2-4-6-18)24-22(26)25-19-9-13-21(14-10-19)27-20-11-7-17(15-23)8-12-20/h2-14,16H,1H3,(H2,24,25,26). The van der Waals surface area contributed by atoms with Gasteiger partial charge in [0.2, 0.25) is 0 Å². The van der Waals surface area contributed by atoms with E-state index in [-0.39, 0.29) is 12.1 Å². The number of amides is 2. The van der Waals surface area contributed by atoms with E-state index in [4.69, 9.17) is 10.00 Å². The van der Waals surface area contributed by atoms with Crippen LogP contribution in [-0.2, 0) is 0 Å². The summed E-state index contributed by atoms with van der Waals surface area (Å²) in [5, 5.41) is 14.5. The Balaban J connectivity index is 1.55. The molecule has 5 heteroatoms. The predicted octanol–water partition coefficient (Wildman–Crippen LogP) is 5.23. The molecule has 0 heterocycles. The average molecular weight is 357 g/mol. The Hall–Kier alpha value is -3.78. The molecule has 2 N–H and O–H groups in total. The molecule has 0 aliphatic carbocycles. The molecule has 27 heavy (non-hydrogen) atoms. The zero-order chi connectivity index (χ0) is 19.1. The molecule has 1 atom stereocenters. The van der Waals surface area contributed by atoms with Crippen LogP contribution in [0.5, 0.6) is 11.5 Å². The number of nitrogens with zero attached hydrogens (tertiary/aromatic N) is 1. The van der Waals surface area contributed by atoms with Crippen molar-refractivity contribution in [3.8, 4) is 17.6 Å². The smallest absolute Gasteiger partial charge is 0.319 e. The fraction of sp³-hybridized carbons (Fsp3) is 0.0909. The van der Waals surface area contributed by atoms with Gasteiger partial charge in [-0.15, -0.1) is 0 Å². The maximum Gasteiger partial charge on any atom is 0.319 e. The van der Waals surface area contributed by atoms with Crippen LogP contribution in [0.3, 0.4) is 0 Å². The van der Waals surface area contributed by atoms with Crippen LogP contribution in [0.2, 0.25) is 0 Å². The molecule has 0 aliphatic rings. The Morgan fingerprint density at radius 3 is 2.11 bits per heavy atom. The van der Waals surface area contributed by atoms with Crippen molar-refractivity contribution in [2.24, 2.45) is 0 Å². The zero-order valence-corrected chi connectivity index (χ0v) is 14.8. The molecule has 1 unspecified atom stereocenters. The highest BCUT2D eigenvalue weighted by atomic mass is 16.5. The molecular formula is C22H19N3O2. The lowest BCUT2D eigenvalue weighted by atomic mass is 10.1. The van der Waals surface area contributed by atoms with E-state index in [1.165, 1.54) is 0 Å². The third-order valence-corrected chi connectivity index (χ3v) is 3.98. The van der Waals surface area contributed by atoms with Crippen LogP contribution in [0.1, 0.15) is 24.1 Å². The third-order valence-electron chi connectivity index (χ3n) is 3.98. The van der Waals surface area contributed by atoms with E-state index in [0.29, 0.717) is 22.7 Å². The van der Waals surface area contributed by atoms with Gasteiger partial charge in [-0.3, -0.25) is 0 Å². The number of nitrogens with one attached hydrogen (secondary N) is 2. The minimum atomic E-state index is -0.271. The van der Waals surface area contributed by atoms with Crippen molar-refractivity contribution >= 4 is 11.7 Å². The number of hydrogen-bond acceptors (Lipinski definition) is 3. The summed E-state index contributed by atoms with van der Waals surface area (Å²) in [5.74, 6) is 1.28. The summed E-state index contributed by atoms with van der Waals surface area (Å²) >= 11 is 0. The van der Waals surface area contributed by atoms with E-state index in [0.717, 1.165) is 5.56 Å². The van der Waals surface area contributed by atoms with Gasteiger partial charge in [-0.25, -0.2) is 4.79 Å². The van der Waals surface area contributed by atoms with E-state index in [2.05, 4.69) is 16.7 Å². The van der Waals surface area contributed by atoms with Crippen molar-refractivity contribution in [1.82, 2.24) is 5.32 Å². The first-order valence-electron chi connectivity index (χ1n) is 8.54. The van der Waals surface area contributed by atoms with Crippen LogP contribution in [-0.4, -0.2) is 6.03 Å². The largest absolute Gasteiger partial charge is 0.457 e. The first-order valence-corrected chi connectivity index (χ1v) is 8.54. The Labute approximate surface area is 158 Å². The van der Waals surface area contributed by atoms with Crippen LogP contribution in [0.15, 0.2) is 78.9 Å². The molecule has 0 bridgehead atoms. The molecule has 3 aromatic rings. The van der Waals surface area contributed by atoms with Crippen LogP contribution in [0, 0.1) is 11.3 Å². The molecule has 3 rings (SSSR count). The van der Waals surface area contributed by atoms with E-state index >= 15 is 0 Å². The molecule has 0 aromatic heterocycles. The van der Waals surface area contributed by atoms with Gasteiger partial charge in [-0.05, 0) is 61.0 Å². The van der Waals surface area contributed by atoms with Crippen LogP contribution in [0.4, 0.5) is 10.5 Å². The second kappa shape index (κ2) is 8.54. The minimum absolute atomic E-state index is 0.0924. The van der Waals surface area contributed by atoms with E-state index in [9.17, 15) is 4.79 Å². The monoisotopic (exact) mass is 357 g/mol. The van der Waals surface area contributed by atoms with Gasteiger partial charge >= 0.3 is 6.03 Å². The van der Waals surface area contributed by atoms with Gasteiger partial charge in [0, 0.05) is 5.69 Å². The normalized spacial score (nSPS) is 11.1. The van der Waals surface area contributed by atoms with Crippen molar-refractivity contribution in [2.45, 2.75) is 13.0 Å². The molecule has 0 radical (unpaired) electrons. The second-order valence-electron chi connectivity index (χ2n) is 5.99. The fourth-order valence-corrected chi connectivity index (χ4v) is 2.53. The number of hydrogen-bond donors (Lipinski definition) is 2. The number of carbonyl (C=O) groups excluding carboxylic acids is 1. The average Bonchev–Trinajstić information content (AvgIpc) is 2.70. The summed E-state index contributed by atoms with van der Waals surface area (Å²) in [6, 6.07) is 25.4. The van der Waals surface area contributed by atoms with Gasteiger partial charge in [0.1, 0.15) is 11.5 Å². The van der Waals surface area contributed by atoms with Crippen LogP contribution in [0.25, 0.3) is 0 Å². The molecule has 0 fully saturated rings. The van der Waals surface area contributed by atoms with Gasteiger partial charge in [0.05, 0.1) is 17.7 Å². The minimum Gasteiger partial charge on any atom is -0.457 e. The number of carbonyl (C=O) groups is 1. The summed E-state index contributed by atoms with van der Waals surface area (Å²) in [6.07, 6.45) is 0. The molecule has 3 aromatic carbocycles. The van der Waals surface area contributed by atoms with E-state index in [1.54, 1.807) is 48.5 Å². The molecule has 0 saturated carbocycles. The molecule has 0 aliphatic heterocycles. The van der Waals surface area contributed by atoms with Gasteiger partial charge < -0.3 is 15.4 Å². The molecule has 134 valence electrons. The Bertz CT molecular complexity index is 930. The number of rotatable bonds is 5. The van der Waals surface area contributed by atoms with Crippen molar-refractivity contribution < 1.29 is 9.53 Å². The van der Waals surface area contributed by atoms with Crippen molar-refractivity contribution in [3.05, 3.63) is 90.0 Å². The number of benzene rings is 3. The second-order valence-corrected chi connectivity index (χ2v) is 5.99. The molecule has 0 spiro atoms. The predicted molar refractivity (Wildman–Crippen MR) is 105 cm³/mol. The summed E-state index contributed by atoms with van der Waals surface area (Å²) in [7, 11) is 0. The number of ether oxygens (including phenoxy) is 1. The lowest BCUT2D eigenvalue weighted by Crippen LogP contribution is -2.31. The number of urea groups is 1. The highest BCUT2D eigenvalue weighted by Crippen LogP contribution is 2.23. The van der Waals surface area contributed by atoms with E-state index < -0.39 is 0 Å². The van der Waals surface area contributed by atoms with Crippen molar-refractivity contribution in [3.63, 3.8) is 0 Å². The Kier molecular flexibility index (Phi) is 5.70. The Morgan fingerprint density at radius 2 is 1.52 bits per heavy atom. The summed E-state index contributed by atoms with van der Waals surface area (Å²) in [5.41, 5.74) is 2.29. The first kappa shape index (κ1) is 18.0. The van der Waals surface area contributed by atoms with Gasteiger partial charge in [0.15, 0.2) is 0 Å². The molecular weight excluding hydrogens is 338 g/mol. The zero-order valence-electron chi connectivity index (χ0n) is 14.8. The van der Waals surface area contributed by atoms with Crippen LogP contribution >= 0.6 is 0 Å². The molecule has 0 saturated heterocycles. The van der Waals surface area contributed by atoms with Crippen molar-refractivity contribution in [1.29, 1.82) is 5.26 Å². The highest BCUT2D eigenvalue weighted by Gasteiger charge is 2.09. The Morgan fingerprint density at radius 1 is 0.926 bits per heavy atom. The van der Waals surface area contributed by atoms with Crippen molar-refractivity contribution in [2.75, 3.05) is 5.32 Å². The quantitative estimate of drug-likeness (QED) is 0.656. The fourth-order valence-electron chi connectivity index (χ4n) is 2.53. The SMILES string of the molecule is CC(NC(=O)Nc1ccc(Oc2ccc(C#N)cc2)cc1)c1ccccc1. The van der Waals surface area contributed by atoms with Crippen LogP contribution < -0.4 is 15.4 Å². The number of anilines is 1. The molecule has 2 amide bonds. The maximum absolute atomic E-state index is 12.2. The summed E-state index contributed by atoms with van der Waals surface area (Å²) in [6.45, 7) is 1.93. The summed E-state index contributed by atoms with van der Waals surface area (Å²) < 4.78 is 5.72. The third kappa shape index (κ3) is 5.10. The first-order chi connectivity index (χ1) is 13.1. The lowest BCUT2D eigenvalue weighted by molar-refractivity contribution is 0.249.